The second kappa shape index (κ2) is 5.68. The number of para-hydroxylation sites is 1. The fraction of sp³-hybridized carbons (Fsp3) is 0.462. The summed E-state index contributed by atoms with van der Waals surface area (Å²) in [5, 5.41) is 2.83. The third kappa shape index (κ3) is 4.87. The van der Waals surface area contributed by atoms with Crippen molar-refractivity contribution in [3.8, 4) is 5.75 Å². The maximum Gasteiger partial charge on any atom is 0.258 e. The van der Waals surface area contributed by atoms with Gasteiger partial charge in [0.2, 0.25) is 0 Å². The van der Waals surface area contributed by atoms with Crippen molar-refractivity contribution in [2.75, 3.05) is 6.61 Å². The highest BCUT2D eigenvalue weighted by atomic mass is 16.5. The number of benzene rings is 1. The Hall–Kier alpha value is -1.55. The number of hydrogen-bond acceptors (Lipinski definition) is 3. The van der Waals surface area contributed by atoms with E-state index in [4.69, 9.17) is 10.5 Å². The molecule has 0 saturated carbocycles. The lowest BCUT2D eigenvalue weighted by atomic mass is 10.1. The molecule has 0 unspecified atom stereocenters. The summed E-state index contributed by atoms with van der Waals surface area (Å²) in [6.45, 7) is 6.20. The highest BCUT2D eigenvalue weighted by Gasteiger charge is 2.14. The summed E-state index contributed by atoms with van der Waals surface area (Å²) in [7, 11) is 0. The molecule has 0 saturated heterocycles. The van der Waals surface area contributed by atoms with Crippen LogP contribution in [0.5, 0.6) is 5.75 Å². The molecule has 0 aliphatic carbocycles. The highest BCUT2D eigenvalue weighted by Crippen LogP contribution is 2.16. The molecule has 0 aromatic heterocycles. The predicted octanol–water partition coefficient (Wildman–Crippen LogP) is 1.44. The smallest absolute Gasteiger partial charge is 0.258 e. The van der Waals surface area contributed by atoms with Crippen LogP contribution in [0.25, 0.3) is 0 Å². The second-order valence-corrected chi connectivity index (χ2v) is 4.90. The van der Waals surface area contributed by atoms with E-state index in [1.54, 1.807) is 0 Å². The summed E-state index contributed by atoms with van der Waals surface area (Å²) in [4.78, 5) is 11.6. The van der Waals surface area contributed by atoms with Gasteiger partial charge in [-0.3, -0.25) is 4.79 Å². The minimum absolute atomic E-state index is 0.00822. The maximum atomic E-state index is 11.6. The van der Waals surface area contributed by atoms with Crippen LogP contribution in [0, 0.1) is 0 Å². The van der Waals surface area contributed by atoms with E-state index < -0.39 is 0 Å². The van der Waals surface area contributed by atoms with Gasteiger partial charge in [0.05, 0.1) is 0 Å². The van der Waals surface area contributed by atoms with Crippen molar-refractivity contribution in [2.45, 2.75) is 32.9 Å². The lowest BCUT2D eigenvalue weighted by Crippen LogP contribution is -2.43. The van der Waals surface area contributed by atoms with E-state index in [0.717, 1.165) is 5.56 Å². The second-order valence-electron chi connectivity index (χ2n) is 4.90. The Balaban J connectivity index is 2.53. The van der Waals surface area contributed by atoms with E-state index in [9.17, 15) is 4.79 Å². The number of carbonyl (C=O) groups is 1. The number of nitrogens with two attached hydrogens (primary N) is 1. The SMILES string of the molecule is CC(C)(C)NC(=O)COc1ccccc1CN. The minimum Gasteiger partial charge on any atom is -0.483 e. The van der Waals surface area contributed by atoms with E-state index in [-0.39, 0.29) is 18.1 Å². The summed E-state index contributed by atoms with van der Waals surface area (Å²) in [6, 6.07) is 7.45. The third-order valence-electron chi connectivity index (χ3n) is 2.07. The van der Waals surface area contributed by atoms with E-state index in [0.29, 0.717) is 12.3 Å². The molecule has 4 nitrogen and oxygen atoms in total. The average Bonchev–Trinajstić information content (AvgIpc) is 2.24. The van der Waals surface area contributed by atoms with Crippen molar-refractivity contribution in [1.29, 1.82) is 0 Å². The van der Waals surface area contributed by atoms with Gasteiger partial charge in [0.25, 0.3) is 5.91 Å². The predicted molar refractivity (Wildman–Crippen MR) is 67.7 cm³/mol. The Morgan fingerprint density at radius 2 is 2.00 bits per heavy atom. The zero-order valence-electron chi connectivity index (χ0n) is 10.6. The van der Waals surface area contributed by atoms with Crippen molar-refractivity contribution in [3.05, 3.63) is 29.8 Å². The van der Waals surface area contributed by atoms with Crippen LogP contribution in [0.4, 0.5) is 0 Å². The zero-order valence-corrected chi connectivity index (χ0v) is 10.6. The van der Waals surface area contributed by atoms with Gasteiger partial charge in [0.15, 0.2) is 6.61 Å². The number of nitrogens with one attached hydrogen (secondary N) is 1. The van der Waals surface area contributed by atoms with Crippen LogP contribution in [0.2, 0.25) is 0 Å². The average molecular weight is 236 g/mol. The quantitative estimate of drug-likeness (QED) is 0.831. The van der Waals surface area contributed by atoms with Gasteiger partial charge in [-0.2, -0.15) is 0 Å². The van der Waals surface area contributed by atoms with Crippen molar-refractivity contribution >= 4 is 5.91 Å². The minimum atomic E-state index is -0.242. The van der Waals surface area contributed by atoms with Crippen molar-refractivity contribution in [1.82, 2.24) is 5.32 Å². The molecule has 3 N–H and O–H groups in total. The van der Waals surface area contributed by atoms with Crippen LogP contribution >= 0.6 is 0 Å². The molecule has 1 aromatic carbocycles. The van der Waals surface area contributed by atoms with Crippen LogP contribution in [-0.4, -0.2) is 18.1 Å². The molecule has 0 fully saturated rings. The first-order chi connectivity index (χ1) is 7.92. The lowest BCUT2D eigenvalue weighted by Gasteiger charge is -2.20. The Morgan fingerprint density at radius 3 is 2.59 bits per heavy atom. The monoisotopic (exact) mass is 236 g/mol. The van der Waals surface area contributed by atoms with Gasteiger partial charge < -0.3 is 15.8 Å². The molecule has 1 aromatic rings. The first-order valence-corrected chi connectivity index (χ1v) is 5.64. The maximum absolute atomic E-state index is 11.6. The van der Waals surface area contributed by atoms with Crippen molar-refractivity contribution in [3.63, 3.8) is 0 Å². The van der Waals surface area contributed by atoms with Gasteiger partial charge in [-0.1, -0.05) is 18.2 Å². The number of rotatable bonds is 4. The molecule has 0 aliphatic rings. The summed E-state index contributed by atoms with van der Waals surface area (Å²) >= 11 is 0. The van der Waals surface area contributed by atoms with Crippen LogP contribution in [-0.2, 0) is 11.3 Å². The zero-order chi connectivity index (χ0) is 12.9. The van der Waals surface area contributed by atoms with Crippen molar-refractivity contribution in [2.24, 2.45) is 5.73 Å². The summed E-state index contributed by atoms with van der Waals surface area (Å²) < 4.78 is 5.44. The van der Waals surface area contributed by atoms with E-state index in [2.05, 4.69) is 5.32 Å². The van der Waals surface area contributed by atoms with Gasteiger partial charge in [0, 0.05) is 17.6 Å². The number of ether oxygens (including phenoxy) is 1. The molecule has 0 radical (unpaired) electrons. The molecule has 0 heterocycles. The first-order valence-electron chi connectivity index (χ1n) is 5.64. The largest absolute Gasteiger partial charge is 0.483 e. The molecule has 0 spiro atoms. The standard InChI is InChI=1S/C13H20N2O2/c1-13(2,3)15-12(16)9-17-11-7-5-4-6-10(11)8-14/h4-7H,8-9,14H2,1-3H3,(H,15,16). The number of amides is 1. The normalized spacial score (nSPS) is 11.1. The number of carbonyl (C=O) groups excluding carboxylic acids is 1. The molecule has 17 heavy (non-hydrogen) atoms. The summed E-state index contributed by atoms with van der Waals surface area (Å²) in [5.74, 6) is 0.531. The topological polar surface area (TPSA) is 64.3 Å². The lowest BCUT2D eigenvalue weighted by molar-refractivity contribution is -0.124. The molecule has 4 heteroatoms. The fourth-order valence-corrected chi connectivity index (χ4v) is 1.41. The Bertz CT molecular complexity index is 383. The third-order valence-corrected chi connectivity index (χ3v) is 2.07. The van der Waals surface area contributed by atoms with E-state index >= 15 is 0 Å². The fourth-order valence-electron chi connectivity index (χ4n) is 1.41. The van der Waals surface area contributed by atoms with Crippen LogP contribution in [0.15, 0.2) is 24.3 Å². The van der Waals surface area contributed by atoms with Crippen molar-refractivity contribution < 1.29 is 9.53 Å². The van der Waals surface area contributed by atoms with Gasteiger partial charge >= 0.3 is 0 Å². The molecule has 0 bridgehead atoms. The van der Waals surface area contributed by atoms with E-state index in [1.807, 2.05) is 45.0 Å². The molecular weight excluding hydrogens is 216 g/mol. The highest BCUT2D eigenvalue weighted by molar-refractivity contribution is 5.78. The Morgan fingerprint density at radius 1 is 1.35 bits per heavy atom. The van der Waals surface area contributed by atoms with Gasteiger partial charge in [-0.05, 0) is 26.8 Å². The first kappa shape index (κ1) is 13.5. The van der Waals surface area contributed by atoms with Gasteiger partial charge in [-0.25, -0.2) is 0 Å². The van der Waals surface area contributed by atoms with Crippen LogP contribution < -0.4 is 15.8 Å². The molecule has 94 valence electrons. The summed E-state index contributed by atoms with van der Waals surface area (Å²) in [6.07, 6.45) is 0. The molecule has 0 aliphatic heterocycles. The van der Waals surface area contributed by atoms with E-state index in [1.165, 1.54) is 0 Å². The number of hydrogen-bond donors (Lipinski definition) is 2. The van der Waals surface area contributed by atoms with Crippen LogP contribution in [0.3, 0.4) is 0 Å². The Labute approximate surface area is 102 Å². The van der Waals surface area contributed by atoms with Gasteiger partial charge in [-0.15, -0.1) is 0 Å². The Kier molecular flexibility index (Phi) is 4.52. The molecule has 1 amide bonds. The molecule has 0 atom stereocenters. The molecular formula is C13H20N2O2. The van der Waals surface area contributed by atoms with Gasteiger partial charge in [0.1, 0.15) is 5.75 Å². The molecule has 1 rings (SSSR count). The summed E-state index contributed by atoms with van der Waals surface area (Å²) in [5.41, 5.74) is 6.24. The van der Waals surface area contributed by atoms with Crippen LogP contribution in [0.1, 0.15) is 26.3 Å².